The molecule has 4 heterocycles. The van der Waals surface area contributed by atoms with Gasteiger partial charge in [0.15, 0.2) is 0 Å². The van der Waals surface area contributed by atoms with Gasteiger partial charge in [0, 0.05) is 62.5 Å². The Balaban J connectivity index is 1.51. The second kappa shape index (κ2) is 7.47. The number of aromatic nitrogens is 3. The lowest BCUT2D eigenvalue weighted by atomic mass is 10.0. The van der Waals surface area contributed by atoms with Gasteiger partial charge in [-0.2, -0.15) is 0 Å². The van der Waals surface area contributed by atoms with Crippen molar-refractivity contribution in [3.63, 3.8) is 0 Å². The zero-order chi connectivity index (χ0) is 22.5. The summed E-state index contributed by atoms with van der Waals surface area (Å²) in [6.45, 7) is 0.0643. The van der Waals surface area contributed by atoms with Gasteiger partial charge >= 0.3 is 0 Å². The van der Waals surface area contributed by atoms with Crippen LogP contribution in [0.15, 0.2) is 59.8 Å². The Hall–Kier alpha value is -3.68. The summed E-state index contributed by atoms with van der Waals surface area (Å²) in [5.74, 6) is -3.00. The molecule has 162 valence electrons. The van der Waals surface area contributed by atoms with Crippen LogP contribution in [0, 0.1) is 0 Å². The predicted molar refractivity (Wildman–Crippen MR) is 118 cm³/mol. The van der Waals surface area contributed by atoms with Crippen LogP contribution in [0.4, 0.5) is 8.78 Å². The molecular weight excluding hydrogens is 414 g/mol. The lowest BCUT2D eigenvalue weighted by Gasteiger charge is -2.31. The highest BCUT2D eigenvalue weighted by atomic mass is 19.3. The number of pyridine rings is 3. The molecule has 0 bridgehead atoms. The first-order chi connectivity index (χ1) is 15.3. The number of nitrogens with zero attached hydrogens (tertiary/aromatic N) is 4. The standard InChI is InChI=1S/C24H20F2N4O2/c1-29-8-5-15-12-20(27-14-19(15)23(29)32)18-4-2-3-16-11-17(13-28-21(16)18)22(31)30-9-6-24(25,26)7-10-30/h2-5,8,11-14H,6-7,9-10H2,1H3. The molecule has 0 unspecified atom stereocenters. The van der Waals surface area contributed by atoms with Crippen molar-refractivity contribution < 1.29 is 13.6 Å². The van der Waals surface area contributed by atoms with E-state index in [4.69, 9.17) is 0 Å². The fourth-order valence-corrected chi connectivity index (χ4v) is 4.09. The minimum atomic E-state index is -2.70. The number of alkyl halides is 2. The van der Waals surface area contributed by atoms with Crippen LogP contribution in [0.1, 0.15) is 23.2 Å². The van der Waals surface area contributed by atoms with Gasteiger partial charge in [0.2, 0.25) is 0 Å². The van der Waals surface area contributed by atoms with Gasteiger partial charge in [0.1, 0.15) is 0 Å². The molecule has 1 aromatic carbocycles. The molecule has 0 spiro atoms. The molecular formula is C24H20F2N4O2. The van der Waals surface area contributed by atoms with E-state index in [1.54, 1.807) is 25.5 Å². The molecule has 1 fully saturated rings. The first-order valence-electron chi connectivity index (χ1n) is 10.3. The number of benzene rings is 1. The molecule has 1 aliphatic heterocycles. The number of aryl methyl sites for hydroxylation is 1. The fourth-order valence-electron chi connectivity index (χ4n) is 4.09. The highest BCUT2D eigenvalue weighted by Gasteiger charge is 2.35. The molecule has 8 heteroatoms. The van der Waals surface area contributed by atoms with Crippen LogP contribution in [0.3, 0.4) is 0 Å². The van der Waals surface area contributed by atoms with Crippen molar-refractivity contribution in [2.45, 2.75) is 18.8 Å². The predicted octanol–water partition coefficient (Wildman–Crippen LogP) is 4.02. The number of rotatable bonds is 2. The van der Waals surface area contributed by atoms with Gasteiger partial charge in [0.05, 0.1) is 22.2 Å². The molecule has 1 amide bonds. The lowest BCUT2D eigenvalue weighted by molar-refractivity contribution is -0.0494. The molecule has 0 atom stereocenters. The minimum Gasteiger partial charge on any atom is -0.338 e. The van der Waals surface area contributed by atoms with E-state index in [9.17, 15) is 18.4 Å². The highest BCUT2D eigenvalue weighted by molar-refractivity contribution is 6.00. The Morgan fingerprint density at radius 1 is 1.03 bits per heavy atom. The summed E-state index contributed by atoms with van der Waals surface area (Å²) in [5, 5.41) is 2.07. The fraction of sp³-hybridized carbons (Fsp3) is 0.250. The van der Waals surface area contributed by atoms with Gasteiger partial charge in [-0.15, -0.1) is 0 Å². The van der Waals surface area contributed by atoms with Crippen molar-refractivity contribution in [2.24, 2.45) is 7.05 Å². The Labute approximate surface area is 182 Å². The Morgan fingerprint density at radius 2 is 1.81 bits per heavy atom. The SMILES string of the molecule is Cn1ccc2cc(-c3cccc4cc(C(=O)N5CCC(F)(F)CC5)cnc34)ncc2c1=O. The Bertz CT molecular complexity index is 1420. The van der Waals surface area contributed by atoms with Gasteiger partial charge in [-0.05, 0) is 23.6 Å². The molecule has 32 heavy (non-hydrogen) atoms. The van der Waals surface area contributed by atoms with E-state index in [0.29, 0.717) is 22.2 Å². The molecule has 3 aromatic heterocycles. The van der Waals surface area contributed by atoms with E-state index >= 15 is 0 Å². The lowest BCUT2D eigenvalue weighted by Crippen LogP contribution is -2.42. The monoisotopic (exact) mass is 434 g/mol. The summed E-state index contributed by atoms with van der Waals surface area (Å²) in [6.07, 6.45) is 4.12. The van der Waals surface area contributed by atoms with Crippen LogP contribution in [0.25, 0.3) is 32.9 Å². The van der Waals surface area contributed by atoms with Crippen molar-refractivity contribution in [3.8, 4) is 11.3 Å². The second-order valence-corrected chi connectivity index (χ2v) is 8.14. The van der Waals surface area contributed by atoms with E-state index in [2.05, 4.69) is 9.97 Å². The third-order valence-electron chi connectivity index (χ3n) is 5.98. The van der Waals surface area contributed by atoms with E-state index in [0.717, 1.165) is 16.3 Å². The number of fused-ring (bicyclic) bond motifs is 2. The molecule has 1 aliphatic rings. The van der Waals surface area contributed by atoms with Crippen LogP contribution in [-0.4, -0.2) is 44.4 Å². The Morgan fingerprint density at radius 3 is 2.59 bits per heavy atom. The van der Waals surface area contributed by atoms with E-state index in [1.165, 1.54) is 15.7 Å². The molecule has 6 nitrogen and oxygen atoms in total. The molecule has 4 aromatic rings. The van der Waals surface area contributed by atoms with Gasteiger partial charge in [-0.1, -0.05) is 18.2 Å². The number of hydrogen-bond acceptors (Lipinski definition) is 4. The van der Waals surface area contributed by atoms with Crippen molar-refractivity contribution in [1.29, 1.82) is 0 Å². The molecule has 1 saturated heterocycles. The quantitative estimate of drug-likeness (QED) is 0.478. The smallest absolute Gasteiger partial charge is 0.259 e. The maximum Gasteiger partial charge on any atom is 0.259 e. The number of piperidine rings is 1. The summed E-state index contributed by atoms with van der Waals surface area (Å²) in [5.41, 5.74) is 2.37. The van der Waals surface area contributed by atoms with Crippen LogP contribution in [0.5, 0.6) is 0 Å². The Kier molecular flexibility index (Phi) is 4.73. The maximum atomic E-state index is 13.4. The molecule has 0 aliphatic carbocycles. The van der Waals surface area contributed by atoms with Crippen LogP contribution < -0.4 is 5.56 Å². The highest BCUT2D eigenvalue weighted by Crippen LogP contribution is 2.30. The third-order valence-corrected chi connectivity index (χ3v) is 5.98. The summed E-state index contributed by atoms with van der Waals surface area (Å²) in [6, 6.07) is 11.0. The van der Waals surface area contributed by atoms with E-state index in [-0.39, 0.29) is 37.4 Å². The normalized spacial score (nSPS) is 15.9. The molecule has 0 N–H and O–H groups in total. The van der Waals surface area contributed by atoms with Gasteiger partial charge in [-0.25, -0.2) is 8.78 Å². The maximum absolute atomic E-state index is 13.4. The van der Waals surface area contributed by atoms with Crippen molar-refractivity contribution in [2.75, 3.05) is 13.1 Å². The van der Waals surface area contributed by atoms with Crippen LogP contribution in [0.2, 0.25) is 0 Å². The van der Waals surface area contributed by atoms with Gasteiger partial charge < -0.3 is 9.47 Å². The number of carbonyl (C=O) groups excluding carboxylic acids is 1. The first-order valence-corrected chi connectivity index (χ1v) is 10.3. The summed E-state index contributed by atoms with van der Waals surface area (Å²) < 4.78 is 28.3. The van der Waals surface area contributed by atoms with Crippen LogP contribution >= 0.6 is 0 Å². The number of halogens is 2. The largest absolute Gasteiger partial charge is 0.338 e. The number of para-hydroxylation sites is 1. The van der Waals surface area contributed by atoms with Crippen molar-refractivity contribution >= 4 is 27.6 Å². The van der Waals surface area contributed by atoms with Crippen molar-refractivity contribution in [3.05, 3.63) is 70.9 Å². The summed E-state index contributed by atoms with van der Waals surface area (Å²) >= 11 is 0. The first kappa shape index (κ1) is 20.2. The topological polar surface area (TPSA) is 68.1 Å². The number of likely N-dealkylation sites (tertiary alicyclic amines) is 1. The van der Waals surface area contributed by atoms with Gasteiger partial charge in [0.25, 0.3) is 17.4 Å². The zero-order valence-corrected chi connectivity index (χ0v) is 17.4. The molecule has 5 rings (SSSR count). The van der Waals surface area contributed by atoms with E-state index in [1.807, 2.05) is 30.3 Å². The van der Waals surface area contributed by atoms with Gasteiger partial charge in [-0.3, -0.25) is 19.6 Å². The molecule has 0 saturated carbocycles. The van der Waals surface area contributed by atoms with Crippen molar-refractivity contribution in [1.82, 2.24) is 19.4 Å². The van der Waals surface area contributed by atoms with Crippen LogP contribution in [-0.2, 0) is 7.05 Å². The average Bonchev–Trinajstić information content (AvgIpc) is 2.80. The minimum absolute atomic E-state index is 0.0321. The molecule has 0 radical (unpaired) electrons. The summed E-state index contributed by atoms with van der Waals surface area (Å²) in [4.78, 5) is 35.5. The number of hydrogen-bond donors (Lipinski definition) is 0. The summed E-state index contributed by atoms with van der Waals surface area (Å²) in [7, 11) is 1.69. The zero-order valence-electron chi connectivity index (χ0n) is 17.4. The average molecular weight is 434 g/mol. The second-order valence-electron chi connectivity index (χ2n) is 8.14. The van der Waals surface area contributed by atoms with E-state index < -0.39 is 5.92 Å². The third kappa shape index (κ3) is 3.51. The number of carbonyl (C=O) groups is 1. The number of amides is 1.